The third kappa shape index (κ3) is 5.94. The zero-order valence-electron chi connectivity index (χ0n) is 45.8. The fourth-order valence-corrected chi connectivity index (χ4v) is 16.1. The summed E-state index contributed by atoms with van der Waals surface area (Å²) in [5, 5.41) is 8.92. The zero-order valence-corrected chi connectivity index (χ0v) is 46.6. The van der Waals surface area contributed by atoms with Crippen LogP contribution in [-0.2, 0) is 16.2 Å². The molecule has 3 aliphatic rings. The van der Waals surface area contributed by atoms with E-state index in [1.165, 1.54) is 147 Å². The predicted molar refractivity (Wildman–Crippen MR) is 339 cm³/mol. The molecule has 0 spiro atoms. The van der Waals surface area contributed by atoms with E-state index in [0.29, 0.717) is 0 Å². The Labute approximate surface area is 464 Å². The van der Waals surface area contributed by atoms with Crippen LogP contribution < -0.4 is 20.6 Å². The van der Waals surface area contributed by atoms with E-state index in [4.69, 9.17) is 0 Å². The SMILES string of the molecule is CC(C)(C)c1ccc(N2c3cc(-n4c5ccccc5c5cc6c(cc54)C(C)(C)c4ccccc4-6)cc4c3B(c3sc5cc(C(C)(C)C)ccc5c32)c2cccc3c5c(ccc6c7ccccc7n(-c7ccccc7)c65)n-4c23)cc1. The summed E-state index contributed by atoms with van der Waals surface area (Å²) >= 11 is 2.00. The molecule has 0 saturated carbocycles. The molecule has 10 aromatic carbocycles. The molecule has 0 atom stereocenters. The van der Waals surface area contributed by atoms with Crippen molar-refractivity contribution in [3.05, 3.63) is 222 Å². The summed E-state index contributed by atoms with van der Waals surface area (Å²) in [6.45, 7) is 18.8. The summed E-state index contributed by atoms with van der Waals surface area (Å²) in [5.74, 6) is 0. The number of para-hydroxylation sites is 4. The van der Waals surface area contributed by atoms with Crippen molar-refractivity contribution < 1.29 is 0 Å². The van der Waals surface area contributed by atoms with Crippen LogP contribution >= 0.6 is 11.3 Å². The van der Waals surface area contributed by atoms with E-state index in [1.54, 1.807) is 0 Å². The molecule has 4 aromatic heterocycles. The van der Waals surface area contributed by atoms with Crippen molar-refractivity contribution in [3.63, 3.8) is 0 Å². The molecule has 0 saturated heterocycles. The van der Waals surface area contributed by atoms with E-state index in [1.807, 2.05) is 11.3 Å². The van der Waals surface area contributed by atoms with Crippen molar-refractivity contribution in [2.24, 2.45) is 0 Å². The number of hydrogen-bond donors (Lipinski definition) is 0. The van der Waals surface area contributed by atoms with Crippen molar-refractivity contribution >= 4 is 126 Å². The second-order valence-corrected chi connectivity index (χ2v) is 26.4. The molecule has 0 unspecified atom stereocenters. The molecule has 2 aliphatic heterocycles. The molecule has 14 aromatic rings. The minimum atomic E-state index is -0.164. The Morgan fingerprint density at radius 3 is 1.85 bits per heavy atom. The first kappa shape index (κ1) is 45.4. The van der Waals surface area contributed by atoms with Crippen LogP contribution in [-0.4, -0.2) is 20.4 Å². The number of thiophene rings is 1. The maximum Gasteiger partial charge on any atom is 0.264 e. The van der Waals surface area contributed by atoms with Gasteiger partial charge in [-0.3, -0.25) is 0 Å². The molecule has 4 nitrogen and oxygen atoms in total. The average molecular weight is 1030 g/mol. The number of anilines is 3. The number of hydrogen-bond acceptors (Lipinski definition) is 2. The Morgan fingerprint density at radius 2 is 1.08 bits per heavy atom. The monoisotopic (exact) mass is 1030 g/mol. The van der Waals surface area contributed by atoms with Crippen molar-refractivity contribution in [3.8, 4) is 28.2 Å². The summed E-state index contributed by atoms with van der Waals surface area (Å²) < 4.78 is 10.5. The van der Waals surface area contributed by atoms with Crippen molar-refractivity contribution in [2.45, 2.75) is 71.6 Å². The van der Waals surface area contributed by atoms with E-state index in [9.17, 15) is 0 Å². The summed E-state index contributed by atoms with van der Waals surface area (Å²) in [4.78, 5) is 2.66. The zero-order chi connectivity index (χ0) is 53.2. The third-order valence-electron chi connectivity index (χ3n) is 18.5. The quantitative estimate of drug-likeness (QED) is 0.161. The van der Waals surface area contributed by atoms with Crippen LogP contribution in [0.15, 0.2) is 200 Å². The van der Waals surface area contributed by atoms with E-state index >= 15 is 0 Å². The normalized spacial score (nSPS) is 14.4. The molecule has 6 heteroatoms. The summed E-state index contributed by atoms with van der Waals surface area (Å²) in [5.41, 5.74) is 25.3. The number of aromatic nitrogens is 3. The van der Waals surface area contributed by atoms with Gasteiger partial charge in [0.25, 0.3) is 6.71 Å². The second kappa shape index (κ2) is 15.4. The van der Waals surface area contributed by atoms with Gasteiger partial charge in [0.2, 0.25) is 0 Å². The van der Waals surface area contributed by atoms with Crippen LogP contribution in [0.5, 0.6) is 0 Å². The molecule has 0 amide bonds. The largest absolute Gasteiger partial charge is 0.310 e. The molecule has 1 aliphatic carbocycles. The Kier molecular flexibility index (Phi) is 8.84. The molecular weight excluding hydrogens is 976 g/mol. The van der Waals surface area contributed by atoms with Crippen LogP contribution in [0.4, 0.5) is 17.1 Å². The van der Waals surface area contributed by atoms with Gasteiger partial charge in [0.15, 0.2) is 0 Å². The van der Waals surface area contributed by atoms with Crippen LogP contribution in [0.3, 0.4) is 0 Å². The lowest BCUT2D eigenvalue weighted by Gasteiger charge is -2.39. The van der Waals surface area contributed by atoms with Crippen molar-refractivity contribution in [1.29, 1.82) is 0 Å². The van der Waals surface area contributed by atoms with Crippen LogP contribution in [0, 0.1) is 0 Å². The minimum Gasteiger partial charge on any atom is -0.310 e. The Balaban J connectivity index is 1.05. The van der Waals surface area contributed by atoms with Gasteiger partial charge in [-0.2, -0.15) is 0 Å². The summed E-state index contributed by atoms with van der Waals surface area (Å²) in [7, 11) is 0. The van der Waals surface area contributed by atoms with Gasteiger partial charge in [-0.1, -0.05) is 183 Å². The fourth-order valence-electron chi connectivity index (χ4n) is 14.7. The lowest BCUT2D eigenvalue weighted by molar-refractivity contribution is 0.590. The topological polar surface area (TPSA) is 18.0 Å². The molecule has 378 valence electrons. The first-order chi connectivity index (χ1) is 38.2. The first-order valence-corrected chi connectivity index (χ1v) is 28.9. The molecule has 0 radical (unpaired) electrons. The standard InChI is InChI=1S/C73H57BN4S/c1-71(2,3)42-29-32-45(33-30-42)77-62-38-46(75-58-27-16-14-23-49(58)54-40-53-47-21-12-15-25-55(47)73(7,8)56(53)41-61(54)75)39-63-66(62)74(70-69(77)51-34-31-43(72(4,5)6)37-64(51)79-70)57-26-18-24-52-65-60(78(63)67(52)57)36-35-50-48-22-13-17-28-59(48)76(68(50)65)44-19-10-9-11-20-44/h9-41H,1-8H3. The van der Waals surface area contributed by atoms with E-state index in [2.05, 4.69) is 274 Å². The summed E-state index contributed by atoms with van der Waals surface area (Å²) in [6.07, 6.45) is 0. The van der Waals surface area contributed by atoms with Gasteiger partial charge in [0.05, 0.1) is 39.0 Å². The molecular formula is C73H57BN4S. The molecule has 79 heavy (non-hydrogen) atoms. The highest BCUT2D eigenvalue weighted by Gasteiger charge is 2.45. The Hall–Kier alpha value is -8.58. The van der Waals surface area contributed by atoms with Gasteiger partial charge in [0.1, 0.15) is 0 Å². The maximum absolute atomic E-state index is 2.67. The second-order valence-electron chi connectivity index (χ2n) is 25.3. The number of benzene rings is 10. The predicted octanol–water partition coefficient (Wildman–Crippen LogP) is 17.7. The maximum atomic E-state index is 2.67. The van der Waals surface area contributed by atoms with Gasteiger partial charge in [0, 0.05) is 80.9 Å². The minimum absolute atomic E-state index is 0.00243. The van der Waals surface area contributed by atoms with Gasteiger partial charge >= 0.3 is 0 Å². The highest BCUT2D eigenvalue weighted by atomic mass is 32.1. The van der Waals surface area contributed by atoms with Crippen LogP contribution in [0.25, 0.3) is 104 Å². The molecule has 0 fully saturated rings. The smallest absolute Gasteiger partial charge is 0.264 e. The number of fused-ring (bicyclic) bond motifs is 19. The molecule has 0 bridgehead atoms. The van der Waals surface area contributed by atoms with Crippen LogP contribution in [0.1, 0.15) is 77.6 Å². The van der Waals surface area contributed by atoms with Crippen molar-refractivity contribution in [1.82, 2.24) is 13.7 Å². The van der Waals surface area contributed by atoms with E-state index < -0.39 is 0 Å². The Bertz CT molecular complexity index is 5010. The van der Waals surface area contributed by atoms with Gasteiger partial charge in [-0.25, -0.2) is 0 Å². The van der Waals surface area contributed by atoms with Gasteiger partial charge in [-0.05, 0) is 128 Å². The number of rotatable bonds is 3. The van der Waals surface area contributed by atoms with E-state index in [0.717, 1.165) is 11.4 Å². The van der Waals surface area contributed by atoms with E-state index in [-0.39, 0.29) is 23.0 Å². The molecule has 6 heterocycles. The van der Waals surface area contributed by atoms with Crippen LogP contribution in [0.2, 0.25) is 0 Å². The van der Waals surface area contributed by atoms with Crippen molar-refractivity contribution in [2.75, 3.05) is 4.90 Å². The average Bonchev–Trinajstić information content (AvgIpc) is 3.40. The highest BCUT2D eigenvalue weighted by Crippen LogP contribution is 2.53. The Morgan fingerprint density at radius 1 is 0.418 bits per heavy atom. The first-order valence-electron chi connectivity index (χ1n) is 28.1. The highest BCUT2D eigenvalue weighted by molar-refractivity contribution is 7.33. The molecule has 17 rings (SSSR count). The lowest BCUT2D eigenvalue weighted by Crippen LogP contribution is -2.59. The number of nitrogens with zero attached hydrogens (tertiary/aromatic N) is 4. The fraction of sp³-hybridized carbons (Fsp3) is 0.151. The third-order valence-corrected chi connectivity index (χ3v) is 19.7. The lowest BCUT2D eigenvalue weighted by atomic mass is 9.36. The molecule has 0 N–H and O–H groups in total. The summed E-state index contributed by atoms with van der Waals surface area (Å²) in [6, 6.07) is 77.1. The van der Waals surface area contributed by atoms with Gasteiger partial charge < -0.3 is 18.6 Å². The van der Waals surface area contributed by atoms with Gasteiger partial charge in [-0.15, -0.1) is 11.3 Å².